The predicted octanol–water partition coefficient (Wildman–Crippen LogP) is 3.98. The van der Waals surface area contributed by atoms with Crippen LogP contribution in [0, 0.1) is 0 Å². The monoisotopic (exact) mass is 361 g/mol. The number of anilines is 1. The number of carbonyl (C=O) groups is 1. The van der Waals surface area contributed by atoms with Crippen molar-refractivity contribution >= 4 is 44.1 Å². The number of aromatic nitrogens is 2. The average Bonchev–Trinajstić information content (AvgIpc) is 3.22. The van der Waals surface area contributed by atoms with Gasteiger partial charge in [0.05, 0.1) is 10.2 Å². The molecule has 1 aliphatic heterocycles. The molecular weight excluding hydrogens is 346 g/mol. The normalized spacial score (nSPS) is 15.7. The van der Waals surface area contributed by atoms with Crippen molar-refractivity contribution in [2.75, 3.05) is 5.32 Å². The molecule has 4 aromatic rings. The number of benzene rings is 2. The van der Waals surface area contributed by atoms with Crippen molar-refractivity contribution in [3.63, 3.8) is 0 Å². The fraction of sp³-hybridized carbons (Fsp3) is 0.150. The van der Waals surface area contributed by atoms with E-state index in [-0.39, 0.29) is 22.9 Å². The molecule has 0 spiro atoms. The minimum Gasteiger partial charge on any atom is -0.343 e. The molecule has 0 bridgehead atoms. The number of nitrogens with one attached hydrogen (secondary N) is 1. The van der Waals surface area contributed by atoms with Crippen LogP contribution in [0.15, 0.2) is 53.6 Å². The van der Waals surface area contributed by atoms with E-state index in [1.54, 1.807) is 18.5 Å². The highest BCUT2D eigenvalue weighted by molar-refractivity contribution is 7.13. The molecule has 1 aliphatic rings. The lowest BCUT2D eigenvalue weighted by Gasteiger charge is -2.12. The molecule has 0 radical (unpaired) electrons. The van der Waals surface area contributed by atoms with Crippen LogP contribution in [0.3, 0.4) is 0 Å². The third-order valence-corrected chi connectivity index (χ3v) is 5.76. The van der Waals surface area contributed by atoms with Gasteiger partial charge in [0.25, 0.3) is 5.91 Å². The molecule has 0 aliphatic carbocycles. The van der Waals surface area contributed by atoms with Crippen LogP contribution in [0.25, 0.3) is 21.0 Å². The Kier molecular flexibility index (Phi) is 3.24. The van der Waals surface area contributed by atoms with Crippen LogP contribution in [-0.4, -0.2) is 14.8 Å². The van der Waals surface area contributed by atoms with Crippen LogP contribution < -0.4 is 10.7 Å². The largest absolute Gasteiger partial charge is 0.343 e. The van der Waals surface area contributed by atoms with Gasteiger partial charge in [-0.05, 0) is 54.7 Å². The molecule has 26 heavy (non-hydrogen) atoms. The zero-order chi connectivity index (χ0) is 17.8. The summed E-state index contributed by atoms with van der Waals surface area (Å²) >= 11 is 1.41. The van der Waals surface area contributed by atoms with Gasteiger partial charge >= 0.3 is 0 Å². The predicted molar refractivity (Wildman–Crippen MR) is 104 cm³/mol. The van der Waals surface area contributed by atoms with Crippen molar-refractivity contribution in [1.29, 1.82) is 0 Å². The summed E-state index contributed by atoms with van der Waals surface area (Å²) in [5.74, 6) is -0.382. The number of pyridine rings is 1. The summed E-state index contributed by atoms with van der Waals surface area (Å²) in [5.41, 5.74) is 2.72. The van der Waals surface area contributed by atoms with E-state index >= 15 is 0 Å². The highest BCUT2D eigenvalue weighted by atomic mass is 32.1. The van der Waals surface area contributed by atoms with Crippen LogP contribution >= 0.6 is 11.5 Å². The summed E-state index contributed by atoms with van der Waals surface area (Å²) in [6.07, 6.45) is 4.35. The Bertz CT molecular complexity index is 1260. The molecule has 0 unspecified atom stereocenters. The third kappa shape index (κ3) is 2.19. The Hall–Kier alpha value is -2.99. The lowest BCUT2D eigenvalue weighted by Crippen LogP contribution is -2.23. The first-order valence-corrected chi connectivity index (χ1v) is 9.22. The van der Waals surface area contributed by atoms with E-state index in [4.69, 9.17) is 0 Å². The molecule has 3 heterocycles. The van der Waals surface area contributed by atoms with Gasteiger partial charge in [-0.2, -0.15) is 4.37 Å². The van der Waals surface area contributed by atoms with Gasteiger partial charge in [0.15, 0.2) is 0 Å². The van der Waals surface area contributed by atoms with Crippen LogP contribution in [-0.2, 0) is 6.42 Å². The van der Waals surface area contributed by atoms with Gasteiger partial charge in [-0.3, -0.25) is 9.59 Å². The van der Waals surface area contributed by atoms with Gasteiger partial charge in [0.2, 0.25) is 5.43 Å². The molecule has 128 valence electrons. The zero-order valence-corrected chi connectivity index (χ0v) is 14.8. The number of nitrogens with zero attached hydrogens (tertiary/aromatic N) is 2. The number of hydrogen-bond donors (Lipinski definition) is 1. The number of para-hydroxylation sites is 1. The number of fused-ring (bicyclic) bond motifs is 1. The topological polar surface area (TPSA) is 64.0 Å². The smallest absolute Gasteiger partial charge is 0.261 e. The maximum Gasteiger partial charge on any atom is 0.261 e. The maximum absolute atomic E-state index is 12.9. The van der Waals surface area contributed by atoms with Crippen LogP contribution in [0.4, 0.5) is 5.69 Å². The molecule has 1 amide bonds. The Labute approximate surface area is 153 Å². The van der Waals surface area contributed by atoms with Crippen molar-refractivity contribution in [2.45, 2.75) is 19.4 Å². The number of hydrogen-bond acceptors (Lipinski definition) is 4. The summed E-state index contributed by atoms with van der Waals surface area (Å²) in [6, 6.07) is 11.6. The van der Waals surface area contributed by atoms with Crippen molar-refractivity contribution in [1.82, 2.24) is 8.94 Å². The lowest BCUT2D eigenvalue weighted by molar-refractivity contribution is 0.102. The first-order valence-electron chi connectivity index (χ1n) is 8.44. The molecule has 0 saturated heterocycles. The number of amides is 1. The van der Waals surface area contributed by atoms with Crippen molar-refractivity contribution < 1.29 is 4.79 Å². The van der Waals surface area contributed by atoms with Gasteiger partial charge < -0.3 is 9.88 Å². The third-order valence-electron chi connectivity index (χ3n) is 4.98. The molecule has 5 rings (SSSR count). The highest BCUT2D eigenvalue weighted by Gasteiger charge is 2.24. The van der Waals surface area contributed by atoms with E-state index in [2.05, 4.69) is 16.6 Å². The van der Waals surface area contributed by atoms with E-state index < -0.39 is 0 Å². The average molecular weight is 361 g/mol. The zero-order valence-electron chi connectivity index (χ0n) is 14.0. The van der Waals surface area contributed by atoms with Crippen molar-refractivity contribution in [2.24, 2.45) is 0 Å². The molecule has 1 N–H and O–H groups in total. The SMILES string of the molecule is C[C@H]1Cc2cccc3c(=O)c(C(=O)Nc4ccc5sncc5c4)cn1c23. The molecule has 0 fully saturated rings. The van der Waals surface area contributed by atoms with Gasteiger partial charge in [-0.15, -0.1) is 0 Å². The molecule has 2 aromatic heterocycles. The van der Waals surface area contributed by atoms with Crippen LogP contribution in [0.2, 0.25) is 0 Å². The molecule has 2 aromatic carbocycles. The number of rotatable bonds is 2. The second-order valence-corrected chi connectivity index (χ2v) is 7.51. The fourth-order valence-corrected chi connectivity index (χ4v) is 4.35. The van der Waals surface area contributed by atoms with E-state index in [0.717, 1.165) is 27.6 Å². The fourth-order valence-electron chi connectivity index (χ4n) is 3.73. The summed E-state index contributed by atoms with van der Waals surface area (Å²) < 4.78 is 7.25. The first kappa shape index (κ1) is 15.3. The Morgan fingerprint density at radius 2 is 2.19 bits per heavy atom. The minimum atomic E-state index is -0.382. The second-order valence-electron chi connectivity index (χ2n) is 6.68. The quantitative estimate of drug-likeness (QED) is 0.587. The van der Waals surface area contributed by atoms with Crippen LogP contribution in [0.1, 0.15) is 28.9 Å². The van der Waals surface area contributed by atoms with E-state index in [1.807, 2.05) is 34.9 Å². The highest BCUT2D eigenvalue weighted by Crippen LogP contribution is 2.31. The maximum atomic E-state index is 12.9. The van der Waals surface area contributed by atoms with Gasteiger partial charge in [-0.25, -0.2) is 0 Å². The summed E-state index contributed by atoms with van der Waals surface area (Å²) in [7, 11) is 0. The molecule has 1 atom stereocenters. The van der Waals surface area contributed by atoms with Crippen LogP contribution in [0.5, 0.6) is 0 Å². The van der Waals surface area contributed by atoms with E-state index in [0.29, 0.717) is 11.1 Å². The molecule has 0 saturated carbocycles. The van der Waals surface area contributed by atoms with Crippen molar-refractivity contribution in [3.05, 3.63) is 70.1 Å². The van der Waals surface area contributed by atoms with E-state index in [9.17, 15) is 9.59 Å². The summed E-state index contributed by atoms with van der Waals surface area (Å²) in [4.78, 5) is 25.7. The van der Waals surface area contributed by atoms with Crippen molar-refractivity contribution in [3.8, 4) is 0 Å². The van der Waals surface area contributed by atoms with Gasteiger partial charge in [0.1, 0.15) is 5.56 Å². The van der Waals surface area contributed by atoms with E-state index in [1.165, 1.54) is 11.5 Å². The van der Waals surface area contributed by atoms with Gasteiger partial charge in [-0.1, -0.05) is 12.1 Å². The lowest BCUT2D eigenvalue weighted by atomic mass is 10.1. The Morgan fingerprint density at radius 3 is 3.08 bits per heavy atom. The summed E-state index contributed by atoms with van der Waals surface area (Å²) in [6.45, 7) is 2.10. The summed E-state index contributed by atoms with van der Waals surface area (Å²) in [5, 5.41) is 4.43. The Morgan fingerprint density at radius 1 is 1.31 bits per heavy atom. The minimum absolute atomic E-state index is 0.173. The first-order chi connectivity index (χ1) is 12.6. The molecule has 5 nitrogen and oxygen atoms in total. The molecular formula is C20H15N3O2S. The molecule has 6 heteroatoms. The van der Waals surface area contributed by atoms with Gasteiger partial charge in [0, 0.05) is 34.9 Å². The number of carbonyl (C=O) groups excluding carboxylic acids is 1. The Balaban J connectivity index is 1.60. The second kappa shape index (κ2) is 5.51. The standard InChI is InChI=1S/C20H15N3O2S/c1-11-7-12-3-2-4-15-18(12)23(11)10-16(19(15)24)20(25)22-14-5-6-17-13(8-14)9-21-26-17/h2-6,8-11H,7H2,1H3,(H,22,25)/t11-/m0/s1.